The molecule has 0 fully saturated rings. The Morgan fingerprint density at radius 3 is 2.41 bits per heavy atom. The normalized spacial score (nSPS) is 11.8. The largest absolute Gasteiger partial charge is 0.366 e. The molecular weight excluding hydrogens is 284 g/mol. The van der Waals surface area contributed by atoms with Crippen molar-refractivity contribution in [2.24, 2.45) is 5.14 Å². The lowest BCUT2D eigenvalue weighted by Crippen LogP contribution is -2.18. The van der Waals surface area contributed by atoms with E-state index in [0.29, 0.717) is 6.07 Å². The van der Waals surface area contributed by atoms with Gasteiger partial charge < -0.3 is 10.1 Å². The molecule has 0 saturated heterocycles. The van der Waals surface area contributed by atoms with Crippen LogP contribution >= 0.6 is 11.6 Å². The molecule has 1 rings (SSSR count). The number of aromatic nitrogens is 1. The monoisotopic (exact) mass is 287 g/mol. The van der Waals surface area contributed by atoms with E-state index < -0.39 is 42.8 Å². The predicted molar refractivity (Wildman–Crippen MR) is 52.2 cm³/mol. The lowest BCUT2D eigenvalue weighted by molar-refractivity contribution is -0.390. The number of primary sulfonamides is 1. The highest BCUT2D eigenvalue weighted by atomic mass is 35.5. The van der Waals surface area contributed by atoms with Crippen molar-refractivity contribution >= 4 is 27.4 Å². The molecule has 0 spiro atoms. The summed E-state index contributed by atoms with van der Waals surface area (Å²) >= 11 is 5.34. The van der Waals surface area contributed by atoms with Crippen molar-refractivity contribution in [3.63, 3.8) is 0 Å². The van der Waals surface area contributed by atoms with Crippen LogP contribution in [0.5, 0.6) is 0 Å². The average Bonchev–Trinajstić information content (AvgIpc) is 2.14. The van der Waals surface area contributed by atoms with Crippen molar-refractivity contribution in [2.45, 2.75) is 11.5 Å². The minimum Gasteiger partial charge on any atom is -0.358 e. The number of nitrogens with two attached hydrogens (primary N) is 1. The van der Waals surface area contributed by atoms with Gasteiger partial charge in [-0.05, 0) is 9.91 Å². The number of nitro groups is 1. The molecule has 0 aliphatic rings. The van der Waals surface area contributed by atoms with Crippen LogP contribution in [0, 0.1) is 10.1 Å². The Morgan fingerprint density at radius 2 is 2.06 bits per heavy atom. The lowest BCUT2D eigenvalue weighted by atomic mass is 10.3. The SMILES string of the molecule is NS(=O)(=O)c1nc([N+](=O)[O-])cc(Cl)c1C(F)F. The second-order valence-electron chi connectivity index (χ2n) is 2.78. The van der Waals surface area contributed by atoms with E-state index in [2.05, 4.69) is 10.1 Å². The molecule has 1 heterocycles. The lowest BCUT2D eigenvalue weighted by Gasteiger charge is -2.04. The second kappa shape index (κ2) is 4.47. The summed E-state index contributed by atoms with van der Waals surface area (Å²) in [6.45, 7) is 0. The maximum absolute atomic E-state index is 12.5. The minimum atomic E-state index is -4.64. The average molecular weight is 288 g/mol. The Balaban J connectivity index is 3.69. The molecule has 0 amide bonds. The van der Waals surface area contributed by atoms with Crippen LogP contribution in [0.15, 0.2) is 11.1 Å². The molecule has 11 heteroatoms. The van der Waals surface area contributed by atoms with E-state index in [1.54, 1.807) is 0 Å². The van der Waals surface area contributed by atoms with E-state index >= 15 is 0 Å². The van der Waals surface area contributed by atoms with Gasteiger partial charge in [-0.1, -0.05) is 11.6 Å². The van der Waals surface area contributed by atoms with Crippen molar-refractivity contribution in [1.82, 2.24) is 4.98 Å². The van der Waals surface area contributed by atoms with Gasteiger partial charge in [0.1, 0.15) is 5.56 Å². The highest BCUT2D eigenvalue weighted by Gasteiger charge is 2.32. The first-order valence-corrected chi connectivity index (χ1v) is 5.72. The van der Waals surface area contributed by atoms with Gasteiger partial charge in [0.15, 0.2) is 0 Å². The summed E-state index contributed by atoms with van der Waals surface area (Å²) in [6.07, 6.45) is -3.27. The standard InChI is InChI=1S/C6H4ClF2N3O4S/c7-2-1-3(12(13)14)11-6(17(10,15)16)4(2)5(8)9/h1,5H,(H2,10,15,16). The van der Waals surface area contributed by atoms with Crippen LogP contribution in [0.2, 0.25) is 5.02 Å². The van der Waals surface area contributed by atoms with Gasteiger partial charge in [0.2, 0.25) is 0 Å². The molecule has 7 nitrogen and oxygen atoms in total. The highest BCUT2D eigenvalue weighted by Crippen LogP contribution is 2.33. The van der Waals surface area contributed by atoms with Crippen LogP contribution in [0.25, 0.3) is 0 Å². The van der Waals surface area contributed by atoms with E-state index in [4.69, 9.17) is 11.6 Å². The van der Waals surface area contributed by atoms with Crippen LogP contribution < -0.4 is 5.14 Å². The minimum absolute atomic E-state index is 0.526. The number of halogens is 3. The molecule has 0 unspecified atom stereocenters. The molecule has 0 atom stereocenters. The molecule has 0 bridgehead atoms. The molecule has 0 aromatic carbocycles. The zero-order valence-electron chi connectivity index (χ0n) is 7.80. The maximum atomic E-state index is 12.5. The molecule has 0 aliphatic carbocycles. The third-order valence-electron chi connectivity index (χ3n) is 1.63. The van der Waals surface area contributed by atoms with E-state index in [0.717, 1.165) is 0 Å². The third kappa shape index (κ3) is 2.84. The Morgan fingerprint density at radius 1 is 1.53 bits per heavy atom. The van der Waals surface area contributed by atoms with E-state index in [1.807, 2.05) is 0 Å². The molecule has 17 heavy (non-hydrogen) atoms. The van der Waals surface area contributed by atoms with Crippen molar-refractivity contribution in [2.75, 3.05) is 0 Å². The summed E-state index contributed by atoms with van der Waals surface area (Å²) in [5, 5.41) is 12.9. The summed E-state index contributed by atoms with van der Waals surface area (Å²) in [5.41, 5.74) is -1.15. The second-order valence-corrected chi connectivity index (χ2v) is 4.67. The number of rotatable bonds is 3. The van der Waals surface area contributed by atoms with Gasteiger partial charge in [-0.3, -0.25) is 0 Å². The molecule has 1 aromatic rings. The zero-order chi connectivity index (χ0) is 13.4. The first-order valence-electron chi connectivity index (χ1n) is 3.80. The zero-order valence-corrected chi connectivity index (χ0v) is 9.37. The molecule has 2 N–H and O–H groups in total. The molecule has 1 aromatic heterocycles. The van der Waals surface area contributed by atoms with Gasteiger partial charge in [0.25, 0.3) is 21.5 Å². The van der Waals surface area contributed by atoms with Crippen LogP contribution in [0.4, 0.5) is 14.6 Å². The van der Waals surface area contributed by atoms with Gasteiger partial charge in [-0.2, -0.15) is 0 Å². The van der Waals surface area contributed by atoms with Crippen molar-refractivity contribution in [3.05, 3.63) is 26.8 Å². The molecule has 0 saturated carbocycles. The van der Waals surface area contributed by atoms with Crippen LogP contribution in [0.1, 0.15) is 12.0 Å². The van der Waals surface area contributed by atoms with E-state index in [9.17, 15) is 27.3 Å². The van der Waals surface area contributed by atoms with Crippen LogP contribution in [0.3, 0.4) is 0 Å². The van der Waals surface area contributed by atoms with Gasteiger partial charge in [0.05, 0.1) is 11.1 Å². The number of hydrogen-bond acceptors (Lipinski definition) is 5. The first-order chi connectivity index (χ1) is 7.64. The van der Waals surface area contributed by atoms with Crippen molar-refractivity contribution in [1.29, 1.82) is 0 Å². The summed E-state index contributed by atoms with van der Waals surface area (Å²) in [6, 6.07) is 0.526. The Bertz CT molecular complexity index is 577. The Hall–Kier alpha value is -1.39. The van der Waals surface area contributed by atoms with Crippen molar-refractivity contribution < 1.29 is 22.1 Å². The summed E-state index contributed by atoms with van der Waals surface area (Å²) in [7, 11) is -4.64. The quantitative estimate of drug-likeness (QED) is 0.663. The summed E-state index contributed by atoms with van der Waals surface area (Å²) < 4.78 is 47.0. The van der Waals surface area contributed by atoms with Crippen LogP contribution in [-0.4, -0.2) is 18.3 Å². The van der Waals surface area contributed by atoms with Gasteiger partial charge in [0, 0.05) is 0 Å². The van der Waals surface area contributed by atoms with Gasteiger partial charge in [-0.25, -0.2) is 22.3 Å². The van der Waals surface area contributed by atoms with Gasteiger partial charge in [-0.15, -0.1) is 0 Å². The number of alkyl halides is 2. The van der Waals surface area contributed by atoms with Crippen molar-refractivity contribution in [3.8, 4) is 0 Å². The fourth-order valence-electron chi connectivity index (χ4n) is 0.998. The number of sulfonamides is 1. The smallest absolute Gasteiger partial charge is 0.358 e. The molecule has 0 aliphatic heterocycles. The molecule has 94 valence electrons. The summed E-state index contributed by atoms with van der Waals surface area (Å²) in [4.78, 5) is 12.3. The van der Waals surface area contributed by atoms with E-state index in [1.165, 1.54) is 0 Å². The Kier molecular flexibility index (Phi) is 3.59. The number of pyridine rings is 1. The van der Waals surface area contributed by atoms with Gasteiger partial charge >= 0.3 is 5.82 Å². The third-order valence-corrected chi connectivity index (χ3v) is 2.80. The first kappa shape index (κ1) is 13.7. The summed E-state index contributed by atoms with van der Waals surface area (Å²) in [5.74, 6) is -0.983. The fourth-order valence-corrected chi connectivity index (χ4v) is 2.05. The highest BCUT2D eigenvalue weighted by molar-refractivity contribution is 7.89. The Labute approximate surface area is 98.4 Å². The maximum Gasteiger partial charge on any atom is 0.366 e. The predicted octanol–water partition coefficient (Wildman–Crippen LogP) is 1.23. The van der Waals surface area contributed by atoms with E-state index in [-0.39, 0.29) is 0 Å². The topological polar surface area (TPSA) is 116 Å². The molecule has 0 radical (unpaired) electrons. The molecular formula is C6H4ClF2N3O4S. The number of hydrogen-bond donors (Lipinski definition) is 1. The van der Waals surface area contributed by atoms with Crippen LogP contribution in [-0.2, 0) is 10.0 Å². The fraction of sp³-hybridized carbons (Fsp3) is 0.167. The number of nitrogens with zero attached hydrogens (tertiary/aromatic N) is 2.